The predicted octanol–water partition coefficient (Wildman–Crippen LogP) is 4.21. The van der Waals surface area contributed by atoms with Gasteiger partial charge in [0, 0.05) is 30.1 Å². The first kappa shape index (κ1) is 18.9. The summed E-state index contributed by atoms with van der Waals surface area (Å²) < 4.78 is 6.15. The van der Waals surface area contributed by atoms with Crippen LogP contribution in [0, 0.1) is 13.8 Å². The third kappa shape index (κ3) is 4.26. The van der Waals surface area contributed by atoms with E-state index >= 15 is 0 Å². The average Bonchev–Trinajstić information content (AvgIpc) is 2.66. The Hall–Kier alpha value is -2.92. The zero-order valence-corrected chi connectivity index (χ0v) is 16.4. The summed E-state index contributed by atoms with van der Waals surface area (Å²) in [6, 6.07) is 14.1. The van der Waals surface area contributed by atoms with E-state index in [0.717, 1.165) is 46.1 Å². The number of hydrazine groups is 1. The second kappa shape index (κ2) is 8.18. The molecule has 3 aromatic rings. The number of nitrogens with zero attached hydrogens (tertiary/aromatic N) is 3. The second-order valence-corrected chi connectivity index (χ2v) is 6.67. The largest absolute Gasteiger partial charge is 0.489 e. The minimum atomic E-state index is 0.474. The summed E-state index contributed by atoms with van der Waals surface area (Å²) in [7, 11) is 1.85. The number of aromatic nitrogens is 2. The molecule has 0 atom stereocenters. The van der Waals surface area contributed by atoms with Crippen LogP contribution in [-0.4, -0.2) is 17.0 Å². The van der Waals surface area contributed by atoms with Gasteiger partial charge in [-0.05, 0) is 61.7 Å². The quantitative estimate of drug-likeness (QED) is 0.526. The Morgan fingerprint density at radius 1 is 1.11 bits per heavy atom. The number of anilines is 1. The zero-order valence-electron chi connectivity index (χ0n) is 16.4. The molecule has 3 rings (SSSR count). The summed E-state index contributed by atoms with van der Waals surface area (Å²) >= 11 is 0. The third-order valence-corrected chi connectivity index (χ3v) is 4.61. The van der Waals surface area contributed by atoms with Crippen LogP contribution in [0.5, 0.6) is 5.75 Å². The highest BCUT2D eigenvalue weighted by Crippen LogP contribution is 2.28. The molecule has 0 unspecified atom stereocenters. The summed E-state index contributed by atoms with van der Waals surface area (Å²) in [4.78, 5) is 8.85. The Labute approximate surface area is 160 Å². The molecule has 140 valence electrons. The van der Waals surface area contributed by atoms with Crippen molar-refractivity contribution in [3.63, 3.8) is 0 Å². The van der Waals surface area contributed by atoms with Crippen LogP contribution < -0.4 is 15.6 Å². The number of ether oxygens (including phenoxy) is 1. The second-order valence-electron chi connectivity index (χ2n) is 6.67. The molecule has 0 aliphatic rings. The molecule has 2 N–H and O–H groups in total. The molecule has 0 bridgehead atoms. The Morgan fingerprint density at radius 2 is 1.93 bits per heavy atom. The van der Waals surface area contributed by atoms with Crippen LogP contribution in [0.25, 0.3) is 11.4 Å². The molecule has 1 aromatic heterocycles. The molecule has 0 amide bonds. The Bertz CT molecular complexity index is 937. The highest BCUT2D eigenvalue weighted by molar-refractivity contribution is 5.59. The van der Waals surface area contributed by atoms with Crippen LogP contribution in [0.4, 0.5) is 5.69 Å². The smallest absolute Gasteiger partial charge is 0.159 e. The van der Waals surface area contributed by atoms with Crippen molar-refractivity contribution in [1.29, 1.82) is 0 Å². The van der Waals surface area contributed by atoms with E-state index in [4.69, 9.17) is 10.6 Å². The highest BCUT2D eigenvalue weighted by Gasteiger charge is 2.12. The molecule has 0 saturated heterocycles. The lowest BCUT2D eigenvalue weighted by Crippen LogP contribution is -2.27. The molecule has 1 heterocycles. The lowest BCUT2D eigenvalue weighted by Gasteiger charge is -2.20. The molecule has 0 spiro atoms. The van der Waals surface area contributed by atoms with E-state index in [-0.39, 0.29) is 0 Å². The Balaban J connectivity index is 1.84. The molecular weight excluding hydrogens is 336 g/mol. The first-order valence-electron chi connectivity index (χ1n) is 9.12. The maximum absolute atomic E-state index is 6.15. The summed E-state index contributed by atoms with van der Waals surface area (Å²) in [5.74, 6) is 7.58. The predicted molar refractivity (Wildman–Crippen MR) is 110 cm³/mol. The van der Waals surface area contributed by atoms with Crippen molar-refractivity contribution in [2.24, 2.45) is 5.84 Å². The van der Waals surface area contributed by atoms with E-state index in [0.29, 0.717) is 6.61 Å². The Kier molecular flexibility index (Phi) is 5.72. The van der Waals surface area contributed by atoms with Gasteiger partial charge in [0.25, 0.3) is 0 Å². The molecule has 5 nitrogen and oxygen atoms in total. The highest BCUT2D eigenvalue weighted by atomic mass is 16.5. The van der Waals surface area contributed by atoms with E-state index in [1.807, 2.05) is 51.2 Å². The normalized spacial score (nSPS) is 10.7. The van der Waals surface area contributed by atoms with Crippen molar-refractivity contribution in [2.75, 3.05) is 12.1 Å². The van der Waals surface area contributed by atoms with Gasteiger partial charge in [-0.15, -0.1) is 0 Å². The van der Waals surface area contributed by atoms with E-state index in [2.05, 4.69) is 29.0 Å². The molecule has 27 heavy (non-hydrogen) atoms. The minimum absolute atomic E-state index is 0.474. The van der Waals surface area contributed by atoms with Gasteiger partial charge in [0.1, 0.15) is 12.4 Å². The summed E-state index contributed by atoms with van der Waals surface area (Å²) in [6.07, 6.45) is 2.72. The van der Waals surface area contributed by atoms with Crippen LogP contribution in [-0.2, 0) is 13.0 Å². The van der Waals surface area contributed by atoms with Crippen LogP contribution in [0.1, 0.15) is 29.3 Å². The first-order chi connectivity index (χ1) is 13.0. The number of benzene rings is 2. The van der Waals surface area contributed by atoms with Crippen LogP contribution in [0.3, 0.4) is 0 Å². The van der Waals surface area contributed by atoms with Gasteiger partial charge in [-0.1, -0.05) is 19.1 Å². The number of hydrogen-bond donors (Lipinski definition) is 1. The van der Waals surface area contributed by atoms with Crippen molar-refractivity contribution in [1.82, 2.24) is 9.97 Å². The SMILES string of the molecule is CCc1cccc(N(C)N)c1COc1ccc(-c2nccc(C)n2)cc1C. The van der Waals surface area contributed by atoms with Gasteiger partial charge in [-0.25, -0.2) is 15.8 Å². The van der Waals surface area contributed by atoms with Crippen LogP contribution in [0.15, 0.2) is 48.7 Å². The third-order valence-electron chi connectivity index (χ3n) is 4.61. The van der Waals surface area contributed by atoms with Gasteiger partial charge >= 0.3 is 0 Å². The van der Waals surface area contributed by atoms with Gasteiger partial charge < -0.3 is 9.75 Å². The fourth-order valence-corrected chi connectivity index (χ4v) is 3.14. The minimum Gasteiger partial charge on any atom is -0.489 e. The number of rotatable bonds is 6. The van der Waals surface area contributed by atoms with E-state index < -0.39 is 0 Å². The number of hydrogen-bond acceptors (Lipinski definition) is 5. The molecule has 0 saturated carbocycles. The van der Waals surface area contributed by atoms with Crippen molar-refractivity contribution >= 4 is 5.69 Å². The Morgan fingerprint density at radius 3 is 2.59 bits per heavy atom. The van der Waals surface area contributed by atoms with E-state index in [1.54, 1.807) is 11.2 Å². The molecule has 0 fully saturated rings. The van der Waals surface area contributed by atoms with Gasteiger partial charge in [-0.2, -0.15) is 0 Å². The lowest BCUT2D eigenvalue weighted by atomic mass is 10.0. The van der Waals surface area contributed by atoms with Crippen molar-refractivity contribution in [2.45, 2.75) is 33.8 Å². The summed E-state index contributed by atoms with van der Waals surface area (Å²) in [6.45, 7) is 6.62. The standard InChI is InChI=1S/C22H26N4O/c1-5-17-7-6-8-20(26(4)23)19(17)14-27-21-10-9-18(13-15(21)2)22-24-12-11-16(3)25-22/h6-13H,5,14,23H2,1-4H3. The van der Waals surface area contributed by atoms with Crippen LogP contribution >= 0.6 is 0 Å². The zero-order chi connectivity index (χ0) is 19.4. The molecule has 0 radical (unpaired) electrons. The van der Waals surface area contributed by atoms with Gasteiger partial charge in [-0.3, -0.25) is 0 Å². The van der Waals surface area contributed by atoms with Gasteiger partial charge in [0.05, 0.1) is 5.69 Å². The summed E-state index contributed by atoms with van der Waals surface area (Å²) in [5, 5.41) is 1.64. The van der Waals surface area contributed by atoms with Gasteiger partial charge in [0.2, 0.25) is 0 Å². The molecular formula is C22H26N4O. The van der Waals surface area contributed by atoms with E-state index in [1.165, 1.54) is 5.56 Å². The maximum Gasteiger partial charge on any atom is 0.159 e. The summed E-state index contributed by atoms with van der Waals surface area (Å²) in [5.41, 5.74) is 6.33. The average molecular weight is 362 g/mol. The fourth-order valence-electron chi connectivity index (χ4n) is 3.14. The first-order valence-corrected chi connectivity index (χ1v) is 9.12. The monoisotopic (exact) mass is 362 g/mol. The number of nitrogens with two attached hydrogens (primary N) is 1. The van der Waals surface area contributed by atoms with Crippen molar-refractivity contribution < 1.29 is 4.74 Å². The van der Waals surface area contributed by atoms with E-state index in [9.17, 15) is 0 Å². The number of aryl methyl sites for hydroxylation is 3. The molecule has 0 aliphatic heterocycles. The molecule has 0 aliphatic carbocycles. The topological polar surface area (TPSA) is 64.3 Å². The van der Waals surface area contributed by atoms with Gasteiger partial charge in [0.15, 0.2) is 5.82 Å². The van der Waals surface area contributed by atoms with Crippen LogP contribution in [0.2, 0.25) is 0 Å². The fraction of sp³-hybridized carbons (Fsp3) is 0.273. The lowest BCUT2D eigenvalue weighted by molar-refractivity contribution is 0.303. The van der Waals surface area contributed by atoms with Crippen molar-refractivity contribution in [3.8, 4) is 17.1 Å². The van der Waals surface area contributed by atoms with Crippen molar-refractivity contribution in [3.05, 3.63) is 71.0 Å². The maximum atomic E-state index is 6.15. The molecule has 2 aromatic carbocycles. The molecule has 5 heteroatoms.